The van der Waals surface area contributed by atoms with Crippen LogP contribution in [0.25, 0.3) is 0 Å². The minimum atomic E-state index is -1.14. The van der Waals surface area contributed by atoms with Gasteiger partial charge in [-0.05, 0) is 17.7 Å². The Morgan fingerprint density at radius 2 is 1.84 bits per heavy atom. The first-order chi connectivity index (χ1) is 8.97. The quantitative estimate of drug-likeness (QED) is 0.802. The Bertz CT molecular complexity index is 604. The van der Waals surface area contributed by atoms with E-state index in [1.54, 1.807) is 24.3 Å². The van der Waals surface area contributed by atoms with Crippen molar-refractivity contribution in [3.05, 3.63) is 46.5 Å². The molecular formula is C13H12ClNO4. The largest absolute Gasteiger partial charge is 0.494 e. The third kappa shape index (κ3) is 3.00. The van der Waals surface area contributed by atoms with E-state index in [1.165, 1.54) is 6.07 Å². The Balaban J connectivity index is 2.26. The predicted octanol–water partition coefficient (Wildman–Crippen LogP) is 2.23. The highest BCUT2D eigenvalue weighted by Gasteiger charge is 2.16. The summed E-state index contributed by atoms with van der Waals surface area (Å²) in [6.07, 6.45) is 0.378. The molecule has 0 radical (unpaired) electrons. The van der Waals surface area contributed by atoms with Gasteiger partial charge in [0.25, 0.3) is 0 Å². The highest BCUT2D eigenvalue weighted by molar-refractivity contribution is 6.30. The molecule has 1 aromatic carbocycles. The molecular weight excluding hydrogens is 270 g/mol. The second-order valence-corrected chi connectivity index (χ2v) is 4.57. The first kappa shape index (κ1) is 13.3. The minimum absolute atomic E-state index is 0.241. The summed E-state index contributed by atoms with van der Waals surface area (Å²) in [5.74, 6) is -1.65. The zero-order valence-electron chi connectivity index (χ0n) is 9.88. The molecule has 2 aromatic rings. The lowest BCUT2D eigenvalue weighted by Gasteiger charge is -2.04. The van der Waals surface area contributed by atoms with Gasteiger partial charge in [-0.15, -0.1) is 0 Å². The van der Waals surface area contributed by atoms with Crippen LogP contribution in [0.4, 0.5) is 0 Å². The minimum Gasteiger partial charge on any atom is -0.494 e. The Morgan fingerprint density at radius 1 is 1.21 bits per heavy atom. The van der Waals surface area contributed by atoms with Gasteiger partial charge in [0.15, 0.2) is 11.8 Å². The molecule has 100 valence electrons. The van der Waals surface area contributed by atoms with Crippen molar-refractivity contribution in [2.24, 2.45) is 0 Å². The highest BCUT2D eigenvalue weighted by atomic mass is 35.5. The fraction of sp³-hybridized carbons (Fsp3) is 0.154. The van der Waals surface area contributed by atoms with Crippen molar-refractivity contribution in [1.29, 1.82) is 0 Å². The molecule has 0 saturated carbocycles. The Morgan fingerprint density at radius 3 is 2.42 bits per heavy atom. The fourth-order valence-electron chi connectivity index (χ4n) is 1.82. The van der Waals surface area contributed by atoms with Crippen LogP contribution in [0.3, 0.4) is 0 Å². The molecule has 19 heavy (non-hydrogen) atoms. The number of aromatic nitrogens is 1. The van der Waals surface area contributed by atoms with Gasteiger partial charge in [-0.25, -0.2) is 0 Å². The monoisotopic (exact) mass is 281 g/mol. The molecule has 0 aliphatic heterocycles. The van der Waals surface area contributed by atoms with Crippen molar-refractivity contribution in [3.8, 4) is 11.8 Å². The van der Waals surface area contributed by atoms with E-state index < -0.39 is 12.5 Å². The molecule has 0 bridgehead atoms. The predicted molar refractivity (Wildman–Crippen MR) is 69.7 cm³/mol. The maximum Gasteiger partial charge on any atom is 0.323 e. The maximum atomic E-state index is 10.6. The van der Waals surface area contributed by atoms with Crippen LogP contribution in [0.2, 0.25) is 5.02 Å². The molecule has 5 nitrogen and oxygen atoms in total. The van der Waals surface area contributed by atoms with Crippen molar-refractivity contribution in [2.45, 2.75) is 13.0 Å². The lowest BCUT2D eigenvalue weighted by Crippen LogP contribution is -2.07. The standard InChI is InChI=1S/C13H12ClNO4/c14-10-3-1-8(2-4-10)5-9-6-11(16)15(13(9)19)7-12(17)18/h1-4,6,16,19H,5,7H2,(H,17,18). The lowest BCUT2D eigenvalue weighted by molar-refractivity contribution is -0.137. The Kier molecular flexibility index (Phi) is 3.66. The average molecular weight is 282 g/mol. The summed E-state index contributed by atoms with van der Waals surface area (Å²) in [4.78, 5) is 10.6. The molecule has 0 aliphatic rings. The zero-order valence-corrected chi connectivity index (χ0v) is 10.6. The summed E-state index contributed by atoms with van der Waals surface area (Å²) in [6, 6.07) is 8.40. The van der Waals surface area contributed by atoms with E-state index in [-0.39, 0.29) is 11.8 Å². The molecule has 0 spiro atoms. The van der Waals surface area contributed by atoms with Crippen molar-refractivity contribution in [1.82, 2.24) is 4.57 Å². The van der Waals surface area contributed by atoms with Gasteiger partial charge in [-0.2, -0.15) is 0 Å². The third-order valence-electron chi connectivity index (χ3n) is 2.72. The van der Waals surface area contributed by atoms with Gasteiger partial charge in [-0.1, -0.05) is 23.7 Å². The molecule has 2 rings (SSSR count). The van der Waals surface area contributed by atoms with Gasteiger partial charge in [0.1, 0.15) is 6.54 Å². The number of hydrogen-bond acceptors (Lipinski definition) is 3. The van der Waals surface area contributed by atoms with Crippen molar-refractivity contribution < 1.29 is 20.1 Å². The summed E-state index contributed by atoms with van der Waals surface area (Å²) < 4.78 is 0.938. The second kappa shape index (κ2) is 5.24. The van der Waals surface area contributed by atoms with Gasteiger partial charge in [0.05, 0.1) is 0 Å². The summed E-state index contributed by atoms with van der Waals surface area (Å²) in [5.41, 5.74) is 1.35. The normalized spacial score (nSPS) is 10.6. The molecule has 0 amide bonds. The van der Waals surface area contributed by atoms with Crippen LogP contribution in [0, 0.1) is 0 Å². The number of rotatable bonds is 4. The van der Waals surface area contributed by atoms with Crippen LogP contribution in [0.15, 0.2) is 30.3 Å². The van der Waals surface area contributed by atoms with E-state index in [2.05, 4.69) is 0 Å². The first-order valence-corrected chi connectivity index (χ1v) is 5.91. The molecule has 1 aromatic heterocycles. The number of carbonyl (C=O) groups is 1. The number of carboxylic acid groups (broad SMARTS) is 1. The molecule has 0 unspecified atom stereocenters. The summed E-state index contributed by atoms with van der Waals surface area (Å²) in [6.45, 7) is -0.488. The number of carboxylic acids is 1. The van der Waals surface area contributed by atoms with E-state index in [0.29, 0.717) is 17.0 Å². The number of halogens is 1. The topological polar surface area (TPSA) is 82.7 Å². The number of aliphatic carboxylic acids is 1. The number of aromatic hydroxyl groups is 2. The number of nitrogens with zero attached hydrogens (tertiary/aromatic N) is 1. The SMILES string of the molecule is O=C(O)Cn1c(O)cc(Cc2ccc(Cl)cc2)c1O. The van der Waals surface area contributed by atoms with Crippen LogP contribution < -0.4 is 0 Å². The molecule has 0 atom stereocenters. The van der Waals surface area contributed by atoms with Crippen molar-refractivity contribution >= 4 is 17.6 Å². The molecule has 6 heteroatoms. The van der Waals surface area contributed by atoms with Gasteiger partial charge in [-0.3, -0.25) is 9.36 Å². The maximum absolute atomic E-state index is 10.6. The summed E-state index contributed by atoms with van der Waals surface area (Å²) in [5, 5.41) is 28.8. The van der Waals surface area contributed by atoms with E-state index in [9.17, 15) is 15.0 Å². The Hall–Kier alpha value is -2.14. The molecule has 3 N–H and O–H groups in total. The zero-order chi connectivity index (χ0) is 14.0. The number of hydrogen-bond donors (Lipinski definition) is 3. The molecule has 0 saturated heterocycles. The van der Waals surface area contributed by atoms with E-state index in [0.717, 1.165) is 10.1 Å². The third-order valence-corrected chi connectivity index (χ3v) is 2.98. The van der Waals surface area contributed by atoms with Gasteiger partial charge in [0.2, 0.25) is 0 Å². The summed E-state index contributed by atoms with van der Waals surface area (Å²) in [7, 11) is 0. The lowest BCUT2D eigenvalue weighted by atomic mass is 10.1. The van der Waals surface area contributed by atoms with E-state index in [4.69, 9.17) is 16.7 Å². The van der Waals surface area contributed by atoms with Gasteiger partial charge >= 0.3 is 5.97 Å². The van der Waals surface area contributed by atoms with Crippen LogP contribution in [0.5, 0.6) is 11.8 Å². The van der Waals surface area contributed by atoms with E-state index in [1.807, 2.05) is 0 Å². The van der Waals surface area contributed by atoms with Crippen LogP contribution in [-0.2, 0) is 17.8 Å². The smallest absolute Gasteiger partial charge is 0.323 e. The molecule has 1 heterocycles. The van der Waals surface area contributed by atoms with E-state index >= 15 is 0 Å². The summed E-state index contributed by atoms with van der Waals surface area (Å²) >= 11 is 5.77. The van der Waals surface area contributed by atoms with Crippen molar-refractivity contribution in [3.63, 3.8) is 0 Å². The average Bonchev–Trinajstić information content (AvgIpc) is 2.60. The van der Waals surface area contributed by atoms with Gasteiger partial charge < -0.3 is 15.3 Å². The first-order valence-electron chi connectivity index (χ1n) is 5.54. The highest BCUT2D eigenvalue weighted by Crippen LogP contribution is 2.29. The molecule has 0 aliphatic carbocycles. The van der Waals surface area contributed by atoms with Crippen LogP contribution in [0.1, 0.15) is 11.1 Å². The van der Waals surface area contributed by atoms with Gasteiger partial charge in [0, 0.05) is 23.1 Å². The fourth-order valence-corrected chi connectivity index (χ4v) is 1.95. The Labute approximate surface area is 114 Å². The van der Waals surface area contributed by atoms with Crippen LogP contribution in [-0.4, -0.2) is 25.9 Å². The second-order valence-electron chi connectivity index (χ2n) is 4.13. The molecule has 0 fully saturated rings. The number of benzene rings is 1. The van der Waals surface area contributed by atoms with Crippen LogP contribution >= 0.6 is 11.6 Å². The van der Waals surface area contributed by atoms with Crippen molar-refractivity contribution in [2.75, 3.05) is 0 Å².